The van der Waals surface area contributed by atoms with E-state index in [1.54, 1.807) is 0 Å². The third-order valence-corrected chi connectivity index (χ3v) is 6.18. The number of hydrogen-bond donors (Lipinski definition) is 1. The van der Waals surface area contributed by atoms with E-state index in [-0.39, 0.29) is 16.4 Å². The minimum absolute atomic E-state index is 0.172. The molecule has 0 bridgehead atoms. The van der Waals surface area contributed by atoms with Crippen molar-refractivity contribution in [2.45, 2.75) is 52.0 Å². The Bertz CT molecular complexity index is 885. The van der Waals surface area contributed by atoms with Crippen LogP contribution in [0.2, 0.25) is 0 Å². The summed E-state index contributed by atoms with van der Waals surface area (Å²) in [5.74, 6) is -0.316. The highest BCUT2D eigenvalue weighted by Crippen LogP contribution is 2.53. The van der Waals surface area contributed by atoms with Crippen LogP contribution in [0.3, 0.4) is 0 Å². The van der Waals surface area contributed by atoms with Gasteiger partial charge in [0.2, 0.25) is 0 Å². The van der Waals surface area contributed by atoms with E-state index in [0.717, 1.165) is 47.0 Å². The first-order chi connectivity index (χ1) is 11.7. The number of anilines is 1. The minimum Gasteiger partial charge on any atom is -0.302 e. The molecule has 5 nitrogen and oxygen atoms in total. The molecule has 1 atom stereocenters. The Kier molecular flexibility index (Phi) is 3.41. The van der Waals surface area contributed by atoms with Gasteiger partial charge in [0.25, 0.3) is 17.1 Å². The lowest BCUT2D eigenvalue weighted by Gasteiger charge is -2.43. The summed E-state index contributed by atoms with van der Waals surface area (Å²) >= 11 is 0.824. The third-order valence-electron chi connectivity index (χ3n) is 5.30. The van der Waals surface area contributed by atoms with Crippen LogP contribution in [0.5, 0.6) is 0 Å². The number of aryl methyl sites for hydroxylation is 1. The summed E-state index contributed by atoms with van der Waals surface area (Å²) in [5, 5.41) is 1.85. The molecule has 0 unspecified atom stereocenters. The van der Waals surface area contributed by atoms with E-state index in [9.17, 15) is 14.4 Å². The van der Waals surface area contributed by atoms with Crippen molar-refractivity contribution in [3.63, 3.8) is 0 Å². The normalized spacial score (nSPS) is 27.0. The van der Waals surface area contributed by atoms with E-state index in [2.05, 4.69) is 39.1 Å². The van der Waals surface area contributed by atoms with Crippen LogP contribution in [-0.4, -0.2) is 22.6 Å². The van der Waals surface area contributed by atoms with Crippen molar-refractivity contribution in [2.75, 3.05) is 4.90 Å². The number of thioether (sulfide) groups is 1. The second kappa shape index (κ2) is 5.21. The van der Waals surface area contributed by atoms with Crippen LogP contribution in [0, 0.1) is 0 Å². The van der Waals surface area contributed by atoms with Crippen LogP contribution >= 0.6 is 11.8 Å². The molecule has 1 aromatic carbocycles. The van der Waals surface area contributed by atoms with Gasteiger partial charge in [-0.15, -0.1) is 0 Å². The summed E-state index contributed by atoms with van der Waals surface area (Å²) in [6, 6.07) is 4.18. The van der Waals surface area contributed by atoms with Gasteiger partial charge < -0.3 is 4.90 Å². The zero-order chi connectivity index (χ0) is 18.1. The van der Waals surface area contributed by atoms with Crippen molar-refractivity contribution in [1.82, 2.24) is 5.32 Å². The molecular weight excluding hydrogens is 336 g/mol. The average Bonchev–Trinajstić information content (AvgIpc) is 3.00. The molecule has 1 aromatic rings. The van der Waals surface area contributed by atoms with Crippen LogP contribution in [0.1, 0.15) is 56.7 Å². The molecule has 0 aromatic heterocycles. The van der Waals surface area contributed by atoms with Gasteiger partial charge in [-0.1, -0.05) is 19.9 Å². The van der Waals surface area contributed by atoms with Crippen molar-refractivity contribution in [2.24, 2.45) is 0 Å². The minimum atomic E-state index is -0.472. The van der Waals surface area contributed by atoms with Gasteiger partial charge in [0.15, 0.2) is 0 Å². The van der Waals surface area contributed by atoms with Gasteiger partial charge in [-0.2, -0.15) is 0 Å². The van der Waals surface area contributed by atoms with Crippen molar-refractivity contribution >= 4 is 40.1 Å². The number of benzene rings is 1. The van der Waals surface area contributed by atoms with Crippen molar-refractivity contribution < 1.29 is 14.4 Å². The molecule has 0 aliphatic carbocycles. The lowest BCUT2D eigenvalue weighted by Crippen LogP contribution is -2.49. The van der Waals surface area contributed by atoms with Gasteiger partial charge in [-0.3, -0.25) is 19.7 Å². The first kappa shape index (κ1) is 16.4. The highest BCUT2D eigenvalue weighted by Gasteiger charge is 2.49. The van der Waals surface area contributed by atoms with Gasteiger partial charge in [0.05, 0.1) is 16.2 Å². The monoisotopic (exact) mass is 356 g/mol. The van der Waals surface area contributed by atoms with Gasteiger partial charge in [0, 0.05) is 11.1 Å². The molecule has 3 aliphatic heterocycles. The second-order valence-electron chi connectivity index (χ2n) is 7.54. The molecule has 1 fully saturated rings. The Morgan fingerprint density at radius 2 is 2.00 bits per heavy atom. The Morgan fingerprint density at radius 3 is 2.60 bits per heavy atom. The Labute approximate surface area is 150 Å². The molecule has 1 N–H and O–H groups in total. The van der Waals surface area contributed by atoms with Gasteiger partial charge in [-0.25, -0.2) is 0 Å². The van der Waals surface area contributed by atoms with E-state index < -0.39 is 11.1 Å². The summed E-state index contributed by atoms with van der Waals surface area (Å²) in [4.78, 5) is 39.2. The standard InChI is InChI=1S/C19H20N2O3S/c1-5-10-6-11-9(2)8-19(3,4)21-14(11)12(7-10)13(17(21)23)15-16(22)20-18(24)25-15/h6-7,9H,5,8H2,1-4H3,(H,20,22,24)/b15-13-/t9-/m1/s1. The van der Waals surface area contributed by atoms with Crippen LogP contribution in [0.4, 0.5) is 10.5 Å². The maximum Gasteiger partial charge on any atom is 0.290 e. The van der Waals surface area contributed by atoms with E-state index in [0.29, 0.717) is 11.5 Å². The number of carbonyl (C=O) groups excluding carboxylic acids is 3. The molecule has 0 spiro atoms. The smallest absolute Gasteiger partial charge is 0.290 e. The fourth-order valence-electron chi connectivity index (χ4n) is 4.29. The molecule has 130 valence electrons. The Hall–Kier alpha value is -2.08. The van der Waals surface area contributed by atoms with Gasteiger partial charge in [0.1, 0.15) is 0 Å². The van der Waals surface area contributed by atoms with Crippen LogP contribution in [0.25, 0.3) is 5.57 Å². The molecule has 0 saturated carbocycles. The lowest BCUT2D eigenvalue weighted by molar-refractivity contribution is -0.116. The van der Waals surface area contributed by atoms with Crippen LogP contribution < -0.4 is 10.2 Å². The molecular formula is C19H20N2O3S. The zero-order valence-corrected chi connectivity index (χ0v) is 15.5. The summed E-state index contributed by atoms with van der Waals surface area (Å²) < 4.78 is 0. The number of carbonyl (C=O) groups is 3. The first-order valence-corrected chi connectivity index (χ1v) is 9.35. The molecule has 3 amide bonds. The molecule has 1 saturated heterocycles. The number of rotatable bonds is 1. The van der Waals surface area contributed by atoms with Gasteiger partial charge >= 0.3 is 0 Å². The quantitative estimate of drug-likeness (QED) is 0.781. The van der Waals surface area contributed by atoms with Crippen molar-refractivity contribution in [1.29, 1.82) is 0 Å². The topological polar surface area (TPSA) is 66.5 Å². The summed E-state index contributed by atoms with van der Waals surface area (Å²) in [7, 11) is 0. The van der Waals surface area contributed by atoms with Crippen LogP contribution in [-0.2, 0) is 16.0 Å². The third kappa shape index (κ3) is 2.20. The highest BCUT2D eigenvalue weighted by molar-refractivity contribution is 8.18. The predicted octanol–water partition coefficient (Wildman–Crippen LogP) is 3.58. The molecule has 25 heavy (non-hydrogen) atoms. The van der Waals surface area contributed by atoms with Crippen molar-refractivity contribution in [3.05, 3.63) is 33.7 Å². The van der Waals surface area contributed by atoms with E-state index in [1.165, 1.54) is 0 Å². The summed E-state index contributed by atoms with van der Waals surface area (Å²) in [6.45, 7) is 8.38. The zero-order valence-electron chi connectivity index (χ0n) is 14.7. The van der Waals surface area contributed by atoms with Crippen molar-refractivity contribution in [3.8, 4) is 0 Å². The fourth-order valence-corrected chi connectivity index (χ4v) is 5.07. The molecule has 6 heteroatoms. The summed E-state index contributed by atoms with van der Waals surface area (Å²) in [6.07, 6.45) is 1.71. The van der Waals surface area contributed by atoms with Crippen LogP contribution in [0.15, 0.2) is 17.0 Å². The van der Waals surface area contributed by atoms with E-state index >= 15 is 0 Å². The number of nitrogens with zero attached hydrogens (tertiary/aromatic N) is 1. The van der Waals surface area contributed by atoms with Gasteiger partial charge in [-0.05, 0) is 61.6 Å². The average molecular weight is 356 g/mol. The SMILES string of the molecule is CCc1cc2c3c(c1)[C@H](C)CC(C)(C)N3C(=O)/C2=C1\SC(=O)NC1=O. The highest BCUT2D eigenvalue weighted by atomic mass is 32.2. The predicted molar refractivity (Wildman–Crippen MR) is 98.5 cm³/mol. The first-order valence-electron chi connectivity index (χ1n) is 8.53. The fraction of sp³-hybridized carbons (Fsp3) is 0.421. The maximum atomic E-state index is 13.3. The molecule has 3 aliphatic rings. The maximum absolute atomic E-state index is 13.3. The lowest BCUT2D eigenvalue weighted by atomic mass is 9.79. The number of hydrogen-bond acceptors (Lipinski definition) is 4. The number of nitrogens with one attached hydrogen (secondary N) is 1. The number of imide groups is 1. The van der Waals surface area contributed by atoms with E-state index in [4.69, 9.17) is 0 Å². The number of amides is 3. The largest absolute Gasteiger partial charge is 0.302 e. The Morgan fingerprint density at radius 1 is 1.28 bits per heavy atom. The van der Waals surface area contributed by atoms with E-state index in [1.807, 2.05) is 11.0 Å². The molecule has 4 rings (SSSR count). The second-order valence-corrected chi connectivity index (χ2v) is 8.52. The Balaban J connectivity index is 2.06. The molecule has 0 radical (unpaired) electrons. The summed E-state index contributed by atoms with van der Waals surface area (Å²) in [5.41, 5.74) is 4.06. The molecule has 3 heterocycles.